The van der Waals surface area contributed by atoms with E-state index < -0.39 is 0 Å². The third-order valence-electron chi connectivity index (χ3n) is 2.40. The number of Topliss-reactive ketones (excluding diaryl/α,β-unsaturated/α-hetero) is 1. The van der Waals surface area contributed by atoms with Crippen LogP contribution in [0, 0.1) is 0 Å². The van der Waals surface area contributed by atoms with Crippen molar-refractivity contribution < 1.29 is 9.53 Å². The SMILES string of the molecule is COC(C)CCC(=O)Cc1ccc(Br)cn1. The normalized spacial score (nSPS) is 12.4. The minimum absolute atomic E-state index is 0.141. The number of carbonyl (C=O) groups is 1. The van der Waals surface area contributed by atoms with Crippen LogP contribution < -0.4 is 0 Å². The number of aromatic nitrogens is 1. The summed E-state index contributed by atoms with van der Waals surface area (Å²) in [5, 5.41) is 0. The van der Waals surface area contributed by atoms with Crippen LogP contribution in [0.15, 0.2) is 22.8 Å². The van der Waals surface area contributed by atoms with Crippen LogP contribution in [0.3, 0.4) is 0 Å². The van der Waals surface area contributed by atoms with Crippen LogP contribution in [0.1, 0.15) is 25.5 Å². The molecule has 0 saturated heterocycles. The zero-order valence-corrected chi connectivity index (χ0v) is 11.2. The number of nitrogens with zero attached hydrogens (tertiary/aromatic N) is 1. The van der Waals surface area contributed by atoms with Gasteiger partial charge in [0.25, 0.3) is 0 Å². The summed E-state index contributed by atoms with van der Waals surface area (Å²) in [7, 11) is 1.66. The van der Waals surface area contributed by atoms with Crippen LogP contribution in [-0.4, -0.2) is 24.0 Å². The second-order valence-electron chi connectivity index (χ2n) is 3.77. The molecule has 88 valence electrons. The van der Waals surface area contributed by atoms with Gasteiger partial charge in [0.15, 0.2) is 0 Å². The molecule has 1 heterocycles. The number of methoxy groups -OCH3 is 1. The second kappa shape index (κ2) is 6.76. The van der Waals surface area contributed by atoms with Crippen molar-refractivity contribution in [2.24, 2.45) is 0 Å². The molecule has 0 spiro atoms. The molecule has 0 bridgehead atoms. The largest absolute Gasteiger partial charge is 0.382 e. The van der Waals surface area contributed by atoms with Gasteiger partial charge in [0.05, 0.1) is 6.10 Å². The predicted molar refractivity (Wildman–Crippen MR) is 66.4 cm³/mol. The van der Waals surface area contributed by atoms with Crippen molar-refractivity contribution in [2.45, 2.75) is 32.3 Å². The molecule has 1 aromatic heterocycles. The fourth-order valence-electron chi connectivity index (χ4n) is 1.28. The van der Waals surface area contributed by atoms with E-state index in [0.29, 0.717) is 12.8 Å². The van der Waals surface area contributed by atoms with Gasteiger partial charge >= 0.3 is 0 Å². The van der Waals surface area contributed by atoms with Gasteiger partial charge in [0, 0.05) is 36.3 Å². The number of halogens is 1. The summed E-state index contributed by atoms with van der Waals surface area (Å²) in [6, 6.07) is 3.76. The molecule has 1 rings (SSSR count). The van der Waals surface area contributed by atoms with E-state index in [4.69, 9.17) is 4.74 Å². The lowest BCUT2D eigenvalue weighted by molar-refractivity contribution is -0.119. The highest BCUT2D eigenvalue weighted by atomic mass is 79.9. The fraction of sp³-hybridized carbons (Fsp3) is 0.500. The van der Waals surface area contributed by atoms with E-state index in [1.807, 2.05) is 19.1 Å². The molecular weight excluding hydrogens is 270 g/mol. The first kappa shape index (κ1) is 13.3. The number of hydrogen-bond acceptors (Lipinski definition) is 3. The van der Waals surface area contributed by atoms with E-state index in [0.717, 1.165) is 16.6 Å². The molecule has 0 saturated carbocycles. The highest BCUT2D eigenvalue weighted by Gasteiger charge is 2.07. The van der Waals surface area contributed by atoms with Crippen molar-refractivity contribution in [2.75, 3.05) is 7.11 Å². The third-order valence-corrected chi connectivity index (χ3v) is 2.87. The molecule has 16 heavy (non-hydrogen) atoms. The van der Waals surface area contributed by atoms with Crippen molar-refractivity contribution in [3.8, 4) is 0 Å². The monoisotopic (exact) mass is 285 g/mol. The number of ketones is 1. The number of rotatable bonds is 6. The number of ether oxygens (including phenoxy) is 1. The van der Waals surface area contributed by atoms with Gasteiger partial charge in [-0.15, -0.1) is 0 Å². The Morgan fingerprint density at radius 2 is 2.31 bits per heavy atom. The molecule has 1 aromatic rings. The summed E-state index contributed by atoms with van der Waals surface area (Å²) in [4.78, 5) is 15.8. The maximum atomic E-state index is 11.6. The van der Waals surface area contributed by atoms with Gasteiger partial charge in [-0.1, -0.05) is 0 Å². The number of carbonyl (C=O) groups excluding carboxylic acids is 1. The third kappa shape index (κ3) is 4.86. The van der Waals surface area contributed by atoms with Crippen molar-refractivity contribution in [1.29, 1.82) is 0 Å². The smallest absolute Gasteiger partial charge is 0.138 e. The first-order chi connectivity index (χ1) is 7.61. The minimum Gasteiger partial charge on any atom is -0.382 e. The van der Waals surface area contributed by atoms with Crippen molar-refractivity contribution in [3.05, 3.63) is 28.5 Å². The summed E-state index contributed by atoms with van der Waals surface area (Å²) >= 11 is 3.31. The number of pyridine rings is 1. The summed E-state index contributed by atoms with van der Waals surface area (Å²) in [6.07, 6.45) is 3.57. The fourth-order valence-corrected chi connectivity index (χ4v) is 1.52. The van der Waals surface area contributed by atoms with Crippen LogP contribution in [0.5, 0.6) is 0 Å². The highest BCUT2D eigenvalue weighted by Crippen LogP contribution is 2.09. The molecule has 0 aliphatic carbocycles. The Balaban J connectivity index is 2.37. The molecule has 0 N–H and O–H groups in total. The molecule has 1 unspecified atom stereocenters. The van der Waals surface area contributed by atoms with E-state index in [9.17, 15) is 4.79 Å². The Labute approximate surface area is 104 Å². The minimum atomic E-state index is 0.141. The zero-order valence-electron chi connectivity index (χ0n) is 9.57. The van der Waals surface area contributed by atoms with Crippen LogP contribution in [0.2, 0.25) is 0 Å². The lowest BCUT2D eigenvalue weighted by Gasteiger charge is -2.07. The molecular formula is C12H16BrNO2. The van der Waals surface area contributed by atoms with Gasteiger partial charge < -0.3 is 4.74 Å². The average molecular weight is 286 g/mol. The van der Waals surface area contributed by atoms with Crippen LogP contribution >= 0.6 is 15.9 Å². The standard InChI is InChI=1S/C12H16BrNO2/c1-9(16-2)3-6-12(15)7-11-5-4-10(13)8-14-11/h4-5,8-9H,3,6-7H2,1-2H3. The molecule has 1 atom stereocenters. The lowest BCUT2D eigenvalue weighted by Crippen LogP contribution is -2.10. The Morgan fingerprint density at radius 1 is 1.56 bits per heavy atom. The van der Waals surface area contributed by atoms with Crippen molar-refractivity contribution in [1.82, 2.24) is 4.98 Å². The second-order valence-corrected chi connectivity index (χ2v) is 4.68. The van der Waals surface area contributed by atoms with Gasteiger partial charge in [-0.25, -0.2) is 0 Å². The van der Waals surface area contributed by atoms with E-state index in [2.05, 4.69) is 20.9 Å². The molecule has 3 nitrogen and oxygen atoms in total. The first-order valence-electron chi connectivity index (χ1n) is 5.26. The quantitative estimate of drug-likeness (QED) is 0.807. The van der Waals surface area contributed by atoms with E-state index in [1.54, 1.807) is 13.3 Å². The van der Waals surface area contributed by atoms with Crippen LogP contribution in [0.25, 0.3) is 0 Å². The molecule has 0 radical (unpaired) electrons. The Hall–Kier alpha value is -0.740. The van der Waals surface area contributed by atoms with E-state index in [-0.39, 0.29) is 11.9 Å². The van der Waals surface area contributed by atoms with Gasteiger partial charge in [-0.3, -0.25) is 9.78 Å². The summed E-state index contributed by atoms with van der Waals surface area (Å²) in [5.74, 6) is 0.207. The molecule has 4 heteroatoms. The van der Waals surface area contributed by atoms with E-state index >= 15 is 0 Å². The highest BCUT2D eigenvalue weighted by molar-refractivity contribution is 9.10. The average Bonchev–Trinajstić information content (AvgIpc) is 2.29. The maximum absolute atomic E-state index is 11.6. The molecule has 0 aliphatic rings. The Morgan fingerprint density at radius 3 is 2.88 bits per heavy atom. The van der Waals surface area contributed by atoms with Crippen LogP contribution in [-0.2, 0) is 16.0 Å². The first-order valence-corrected chi connectivity index (χ1v) is 6.06. The molecule has 0 aliphatic heterocycles. The topological polar surface area (TPSA) is 39.2 Å². The summed E-state index contributed by atoms with van der Waals surface area (Å²) in [5.41, 5.74) is 0.818. The van der Waals surface area contributed by atoms with Crippen LogP contribution in [0.4, 0.5) is 0 Å². The van der Waals surface area contributed by atoms with E-state index in [1.165, 1.54) is 0 Å². The van der Waals surface area contributed by atoms with Gasteiger partial charge in [-0.2, -0.15) is 0 Å². The van der Waals surface area contributed by atoms with Gasteiger partial charge in [0.2, 0.25) is 0 Å². The molecule has 0 aromatic carbocycles. The molecule has 0 amide bonds. The molecule has 0 fully saturated rings. The number of hydrogen-bond donors (Lipinski definition) is 0. The predicted octanol–water partition coefficient (Wildman–Crippen LogP) is 2.77. The maximum Gasteiger partial charge on any atom is 0.138 e. The summed E-state index contributed by atoms with van der Waals surface area (Å²) in [6.45, 7) is 1.96. The van der Waals surface area contributed by atoms with Crippen molar-refractivity contribution in [3.63, 3.8) is 0 Å². The Kier molecular flexibility index (Phi) is 5.63. The van der Waals surface area contributed by atoms with Crippen molar-refractivity contribution >= 4 is 21.7 Å². The lowest BCUT2D eigenvalue weighted by atomic mass is 10.1. The van der Waals surface area contributed by atoms with Gasteiger partial charge in [-0.05, 0) is 41.4 Å². The summed E-state index contributed by atoms with van der Waals surface area (Å²) < 4.78 is 6.02. The Bertz CT molecular complexity index is 337. The van der Waals surface area contributed by atoms with Gasteiger partial charge in [0.1, 0.15) is 5.78 Å². The zero-order chi connectivity index (χ0) is 12.0.